The topological polar surface area (TPSA) is 0 Å². The summed E-state index contributed by atoms with van der Waals surface area (Å²) in [6.07, 6.45) is -3.47. The molecule has 26 heavy (non-hydrogen) atoms. The predicted octanol–water partition coefficient (Wildman–Crippen LogP) is 6.46. The van der Waals surface area contributed by atoms with Gasteiger partial charge in [-0.3, -0.25) is 0 Å². The molecule has 0 radical (unpaired) electrons. The lowest BCUT2D eigenvalue weighted by Crippen LogP contribution is -2.70. The number of allylic oxidation sites excluding steroid dienone is 1. The number of rotatable bonds is 9. The van der Waals surface area contributed by atoms with Gasteiger partial charge in [-0.05, 0) is 11.6 Å². The highest BCUT2D eigenvalue weighted by Crippen LogP contribution is 2.61. The molecular formula is C11H10Cl2F12Si. The fourth-order valence-corrected chi connectivity index (χ4v) is 2.59. The van der Waals surface area contributed by atoms with Gasteiger partial charge in [-0.1, -0.05) is 13.5 Å². The first kappa shape index (κ1) is 25.7. The Balaban J connectivity index is 6.22. The van der Waals surface area contributed by atoms with Crippen molar-refractivity contribution in [3.05, 3.63) is 12.7 Å². The molecular weight excluding hydrogens is 459 g/mol. The van der Waals surface area contributed by atoms with Crippen LogP contribution in [0.2, 0.25) is 5.54 Å². The number of halogens is 14. The lowest BCUT2D eigenvalue weighted by atomic mass is 9.90. The molecule has 15 heteroatoms. The molecule has 0 aromatic rings. The molecule has 1 unspecified atom stereocenters. The van der Waals surface area contributed by atoms with E-state index in [2.05, 4.69) is 0 Å². The maximum Gasteiger partial charge on any atom is 0.385 e. The molecule has 0 aromatic heterocycles. The van der Waals surface area contributed by atoms with E-state index in [4.69, 9.17) is 22.2 Å². The van der Waals surface area contributed by atoms with E-state index in [0.717, 1.165) is 0 Å². The van der Waals surface area contributed by atoms with E-state index in [1.807, 2.05) is 6.58 Å². The molecule has 1 atom stereocenters. The molecule has 0 aliphatic rings. The van der Waals surface area contributed by atoms with Gasteiger partial charge in [0.25, 0.3) is 0 Å². The lowest BCUT2D eigenvalue weighted by Gasteiger charge is -2.41. The summed E-state index contributed by atoms with van der Waals surface area (Å²) in [5.74, 6) is -41.6. The highest BCUT2D eigenvalue weighted by molar-refractivity contribution is 7.34. The fraction of sp³-hybridized carbons (Fsp3) is 0.818. The molecule has 0 rings (SSSR count). The van der Waals surface area contributed by atoms with Gasteiger partial charge in [-0.15, -0.1) is 0 Å². The molecule has 0 spiro atoms. The van der Waals surface area contributed by atoms with Crippen LogP contribution < -0.4 is 0 Å². The summed E-state index contributed by atoms with van der Waals surface area (Å²) < 4.78 is 159. The molecule has 0 aliphatic carbocycles. The second-order valence-corrected chi connectivity index (χ2v) is 10.6. The average molecular weight is 469 g/mol. The van der Waals surface area contributed by atoms with Crippen molar-refractivity contribution in [1.29, 1.82) is 0 Å². The van der Waals surface area contributed by atoms with Crippen LogP contribution in [0, 0.1) is 0 Å². The molecule has 0 saturated carbocycles. The van der Waals surface area contributed by atoms with E-state index in [1.165, 1.54) is 0 Å². The molecule has 0 N–H and O–H groups in total. The Bertz CT molecular complexity index is 519. The monoisotopic (exact) mass is 468 g/mol. The maximum atomic E-state index is 13.5. The first-order chi connectivity index (χ1) is 11.1. The van der Waals surface area contributed by atoms with Gasteiger partial charge in [0.05, 0.1) is 0 Å². The second-order valence-electron chi connectivity index (χ2n) is 5.34. The normalized spacial score (nSPS) is 16.8. The second kappa shape index (κ2) is 7.26. The van der Waals surface area contributed by atoms with Crippen molar-refractivity contribution < 1.29 is 52.7 Å². The molecule has 0 saturated heterocycles. The minimum Gasteiger partial charge on any atom is -0.200 e. The summed E-state index contributed by atoms with van der Waals surface area (Å²) in [4.78, 5) is 0. The molecule has 0 nitrogen and oxygen atoms in total. The van der Waals surface area contributed by atoms with Gasteiger partial charge in [0.15, 0.2) is 0 Å². The molecule has 0 aliphatic heterocycles. The summed E-state index contributed by atoms with van der Waals surface area (Å²) in [6.45, 7) is 2.70. The van der Waals surface area contributed by atoms with Gasteiger partial charge in [0, 0.05) is 6.42 Å². The fourth-order valence-electron chi connectivity index (χ4n) is 1.58. The number of alkyl halides is 12. The third-order valence-electron chi connectivity index (χ3n) is 3.33. The highest BCUT2D eigenvalue weighted by Gasteiger charge is 2.89. The number of hydrogen-bond donors (Lipinski definition) is 0. The summed E-state index contributed by atoms with van der Waals surface area (Å²) in [7, 11) is -3.18. The van der Waals surface area contributed by atoms with Gasteiger partial charge in [-0.2, -0.15) is 74.8 Å². The van der Waals surface area contributed by atoms with Crippen molar-refractivity contribution in [2.75, 3.05) is 0 Å². The predicted molar refractivity (Wildman–Crippen MR) is 72.8 cm³/mol. The van der Waals surface area contributed by atoms with Gasteiger partial charge >= 0.3 is 35.5 Å². The van der Waals surface area contributed by atoms with Crippen molar-refractivity contribution in [2.24, 2.45) is 0 Å². The average Bonchev–Trinajstić information content (AvgIpc) is 2.45. The van der Waals surface area contributed by atoms with Crippen LogP contribution in [-0.2, 0) is 0 Å². The van der Waals surface area contributed by atoms with Crippen LogP contribution in [0.4, 0.5) is 52.7 Å². The Hall–Kier alpha value is -0.303. The molecule has 0 aromatic carbocycles. The van der Waals surface area contributed by atoms with Gasteiger partial charge in [-0.25, -0.2) is 0 Å². The zero-order chi connectivity index (χ0) is 21.6. The van der Waals surface area contributed by atoms with E-state index < -0.39 is 61.0 Å². The van der Waals surface area contributed by atoms with Crippen LogP contribution in [-0.4, -0.2) is 43.0 Å². The van der Waals surface area contributed by atoms with Crippen LogP contribution in [0.15, 0.2) is 12.7 Å². The smallest absolute Gasteiger partial charge is 0.200 e. The highest BCUT2D eigenvalue weighted by atomic mass is 35.7. The zero-order valence-corrected chi connectivity index (χ0v) is 15.1. The van der Waals surface area contributed by atoms with Crippen molar-refractivity contribution in [3.8, 4) is 0 Å². The van der Waals surface area contributed by atoms with Gasteiger partial charge < -0.3 is 0 Å². The Labute approximate surface area is 150 Å². The zero-order valence-electron chi connectivity index (χ0n) is 12.4. The number of hydrogen-bond acceptors (Lipinski definition) is 0. The van der Waals surface area contributed by atoms with Crippen molar-refractivity contribution in [2.45, 2.75) is 54.4 Å². The van der Waals surface area contributed by atoms with Crippen LogP contribution in [0.1, 0.15) is 13.3 Å². The third-order valence-corrected chi connectivity index (χ3v) is 7.00. The summed E-state index contributed by atoms with van der Waals surface area (Å²) in [5, 5.41) is 0. The maximum absolute atomic E-state index is 13.5. The quantitative estimate of drug-likeness (QED) is 0.157. The minimum absolute atomic E-state index is 0.706. The Morgan fingerprint density at radius 1 is 0.769 bits per heavy atom. The van der Waals surface area contributed by atoms with Crippen molar-refractivity contribution in [3.63, 3.8) is 0 Å². The molecule has 0 heterocycles. The van der Waals surface area contributed by atoms with Crippen LogP contribution in [0.25, 0.3) is 0 Å². The van der Waals surface area contributed by atoms with Gasteiger partial charge in [0.2, 0.25) is 7.42 Å². The molecule has 0 fully saturated rings. The Kier molecular flexibility index (Phi) is 7.18. The Morgan fingerprint density at radius 3 is 1.42 bits per heavy atom. The van der Waals surface area contributed by atoms with E-state index in [1.54, 1.807) is 0 Å². The molecule has 0 bridgehead atoms. The Morgan fingerprint density at radius 2 is 1.12 bits per heavy atom. The molecule has 156 valence electrons. The van der Waals surface area contributed by atoms with E-state index in [0.29, 0.717) is 6.92 Å². The largest absolute Gasteiger partial charge is 0.385 e. The van der Waals surface area contributed by atoms with E-state index in [9.17, 15) is 52.7 Å². The van der Waals surface area contributed by atoms with E-state index >= 15 is 0 Å². The van der Waals surface area contributed by atoms with Crippen LogP contribution in [0.5, 0.6) is 0 Å². The first-order valence-corrected chi connectivity index (χ1v) is 10.5. The summed E-state index contributed by atoms with van der Waals surface area (Å²) >= 11 is 10.4. The van der Waals surface area contributed by atoms with E-state index in [-0.39, 0.29) is 0 Å². The molecule has 0 amide bonds. The van der Waals surface area contributed by atoms with Crippen LogP contribution >= 0.6 is 22.2 Å². The standard InChI is InChI=1S/C11H10Cl2F12Si/c1-3-6(14,15)8(18,19)10(22,23)11(24,25)9(20,21)7(16,17)4-5(2)26(12)13/h3,5,26H,1,4H2,2H3. The van der Waals surface area contributed by atoms with Crippen molar-refractivity contribution in [1.82, 2.24) is 0 Å². The lowest BCUT2D eigenvalue weighted by molar-refractivity contribution is -0.420. The summed E-state index contributed by atoms with van der Waals surface area (Å²) in [6, 6.07) is 0. The third kappa shape index (κ3) is 3.80. The van der Waals surface area contributed by atoms with Gasteiger partial charge in [0.1, 0.15) is 0 Å². The van der Waals surface area contributed by atoms with Crippen molar-refractivity contribution >= 4 is 29.6 Å². The van der Waals surface area contributed by atoms with Crippen LogP contribution in [0.3, 0.4) is 0 Å². The summed E-state index contributed by atoms with van der Waals surface area (Å²) in [5.41, 5.74) is -1.74. The minimum atomic E-state index is -7.58. The SMILES string of the molecule is C=CC(F)(F)C(F)(F)C(F)(F)C(F)(F)C(F)(F)C(F)(F)CC(C)[SiH](Cl)Cl. The first-order valence-electron chi connectivity index (χ1n) is 6.32.